The number of fused-ring (bicyclic) bond motifs is 1. The van der Waals surface area contributed by atoms with Crippen LogP contribution in [0, 0.1) is 17.7 Å². The minimum Gasteiger partial charge on any atom is -0.378 e. The molecular formula is C18H21FN4O. The Morgan fingerprint density at radius 1 is 1.25 bits per heavy atom. The Morgan fingerprint density at radius 3 is 2.67 bits per heavy atom. The molecule has 1 aromatic heterocycles. The van der Waals surface area contributed by atoms with E-state index in [1.807, 2.05) is 31.1 Å². The summed E-state index contributed by atoms with van der Waals surface area (Å²) in [5, 5.41) is 9.78. The fourth-order valence-electron chi connectivity index (χ4n) is 3.88. The molecule has 5 nitrogen and oxygen atoms in total. The van der Waals surface area contributed by atoms with Gasteiger partial charge >= 0.3 is 0 Å². The molecule has 2 aliphatic rings. The van der Waals surface area contributed by atoms with E-state index in [2.05, 4.69) is 15.5 Å². The summed E-state index contributed by atoms with van der Waals surface area (Å²) >= 11 is 0. The van der Waals surface area contributed by atoms with Crippen LogP contribution in [0.2, 0.25) is 0 Å². The molecule has 2 unspecified atom stereocenters. The van der Waals surface area contributed by atoms with Crippen LogP contribution in [-0.4, -0.2) is 30.2 Å². The molecule has 6 heteroatoms. The Kier molecular flexibility index (Phi) is 3.55. The predicted molar refractivity (Wildman–Crippen MR) is 90.6 cm³/mol. The third kappa shape index (κ3) is 2.28. The van der Waals surface area contributed by atoms with E-state index >= 15 is 0 Å². The zero-order chi connectivity index (χ0) is 16.8. The summed E-state index contributed by atoms with van der Waals surface area (Å²) in [6.07, 6.45) is 4.91. The Hall–Kier alpha value is -2.37. The Balaban J connectivity index is 1.82. The van der Waals surface area contributed by atoms with Gasteiger partial charge in [-0.25, -0.2) is 4.39 Å². The molecule has 1 amide bonds. The van der Waals surface area contributed by atoms with E-state index in [1.165, 1.54) is 0 Å². The maximum Gasteiger partial charge on any atom is 0.229 e. The molecular weight excluding hydrogens is 307 g/mol. The second-order valence-electron chi connectivity index (χ2n) is 6.98. The highest BCUT2D eigenvalue weighted by Crippen LogP contribution is 2.48. The van der Waals surface area contributed by atoms with Gasteiger partial charge in [0.05, 0.1) is 12.1 Å². The van der Waals surface area contributed by atoms with Gasteiger partial charge in [0, 0.05) is 31.3 Å². The van der Waals surface area contributed by atoms with Gasteiger partial charge < -0.3 is 10.2 Å². The van der Waals surface area contributed by atoms with Crippen molar-refractivity contribution in [2.45, 2.75) is 25.2 Å². The second kappa shape index (κ2) is 5.61. The number of H-pyrrole nitrogens is 1. The molecule has 4 rings (SSSR count). The zero-order valence-corrected chi connectivity index (χ0v) is 13.8. The Bertz CT molecular complexity index is 781. The number of rotatable bonds is 3. The third-order valence-electron chi connectivity index (χ3n) is 5.41. The lowest BCUT2D eigenvalue weighted by atomic mass is 9.65. The van der Waals surface area contributed by atoms with Crippen molar-refractivity contribution in [1.29, 1.82) is 0 Å². The molecule has 24 heavy (non-hydrogen) atoms. The van der Waals surface area contributed by atoms with Crippen LogP contribution in [0.15, 0.2) is 24.4 Å². The van der Waals surface area contributed by atoms with Gasteiger partial charge in [-0.15, -0.1) is 0 Å². The lowest BCUT2D eigenvalue weighted by Gasteiger charge is -2.40. The molecule has 2 N–H and O–H groups in total. The maximum absolute atomic E-state index is 14.9. The first-order chi connectivity index (χ1) is 11.6. The monoisotopic (exact) mass is 328 g/mol. The van der Waals surface area contributed by atoms with Crippen LogP contribution in [0.1, 0.15) is 36.3 Å². The van der Waals surface area contributed by atoms with E-state index in [-0.39, 0.29) is 23.6 Å². The van der Waals surface area contributed by atoms with Gasteiger partial charge in [-0.05, 0) is 36.5 Å². The van der Waals surface area contributed by atoms with Crippen LogP contribution >= 0.6 is 0 Å². The first-order valence-corrected chi connectivity index (χ1v) is 8.37. The van der Waals surface area contributed by atoms with Crippen LogP contribution in [0.5, 0.6) is 0 Å². The third-order valence-corrected chi connectivity index (χ3v) is 5.41. The molecule has 1 aromatic carbocycles. The molecule has 0 saturated heterocycles. The van der Waals surface area contributed by atoms with Gasteiger partial charge in [-0.2, -0.15) is 5.10 Å². The number of carbonyl (C=O) groups is 1. The molecule has 1 fully saturated rings. The molecule has 2 aromatic rings. The molecule has 2 heterocycles. The molecule has 1 saturated carbocycles. The number of aromatic nitrogens is 2. The van der Waals surface area contributed by atoms with E-state index in [0.29, 0.717) is 17.3 Å². The van der Waals surface area contributed by atoms with Crippen molar-refractivity contribution >= 4 is 17.4 Å². The highest BCUT2D eigenvalue weighted by molar-refractivity contribution is 5.96. The van der Waals surface area contributed by atoms with Crippen LogP contribution < -0.4 is 10.2 Å². The fraction of sp³-hybridized carbons (Fsp3) is 0.444. The van der Waals surface area contributed by atoms with Crippen LogP contribution in [0.25, 0.3) is 0 Å². The minimum absolute atomic E-state index is 0.0301. The fourth-order valence-corrected chi connectivity index (χ4v) is 3.88. The van der Waals surface area contributed by atoms with E-state index in [4.69, 9.17) is 0 Å². The summed E-state index contributed by atoms with van der Waals surface area (Å²) in [6, 6.07) is 5.26. The van der Waals surface area contributed by atoms with Crippen LogP contribution in [0.3, 0.4) is 0 Å². The van der Waals surface area contributed by atoms with Crippen molar-refractivity contribution in [2.24, 2.45) is 11.8 Å². The van der Waals surface area contributed by atoms with Crippen LogP contribution in [0.4, 0.5) is 15.9 Å². The van der Waals surface area contributed by atoms with Crippen molar-refractivity contribution in [2.75, 3.05) is 24.3 Å². The average molecular weight is 328 g/mol. The lowest BCUT2D eigenvalue weighted by molar-refractivity contribution is -0.123. The SMILES string of the molecule is CN(C)c1ccc(C2c3cn[nH]c3NC(=O)C2C2CCC2)c(F)c1. The number of halogens is 1. The summed E-state index contributed by atoms with van der Waals surface area (Å²) in [5.74, 6) is 0.0927. The van der Waals surface area contributed by atoms with Crippen molar-refractivity contribution in [3.05, 3.63) is 41.3 Å². The summed E-state index contributed by atoms with van der Waals surface area (Å²) < 4.78 is 14.9. The standard InChI is InChI=1S/C18H21FN4O/c1-23(2)11-6-7-12(14(19)8-11)16-13-9-20-22-17(13)21-18(24)15(16)10-4-3-5-10/h6-10,15-16H,3-5H2,1-2H3,(H2,20,21,22,24). The normalized spacial score (nSPS) is 23.4. The molecule has 0 radical (unpaired) electrons. The van der Waals surface area contributed by atoms with Crippen LogP contribution in [-0.2, 0) is 4.79 Å². The molecule has 1 aliphatic heterocycles. The van der Waals surface area contributed by atoms with Gasteiger partial charge in [-0.1, -0.05) is 12.5 Å². The van der Waals surface area contributed by atoms with Crippen molar-refractivity contribution < 1.29 is 9.18 Å². The first kappa shape index (κ1) is 15.2. The topological polar surface area (TPSA) is 61.0 Å². The number of carbonyl (C=O) groups excluding carboxylic acids is 1. The molecule has 126 valence electrons. The van der Waals surface area contributed by atoms with Gasteiger partial charge in [0.2, 0.25) is 5.91 Å². The molecule has 1 aliphatic carbocycles. The second-order valence-corrected chi connectivity index (χ2v) is 6.98. The van der Waals surface area contributed by atoms with Crippen molar-refractivity contribution in [3.63, 3.8) is 0 Å². The van der Waals surface area contributed by atoms with E-state index in [9.17, 15) is 9.18 Å². The summed E-state index contributed by atoms with van der Waals surface area (Å²) in [6.45, 7) is 0. The lowest BCUT2D eigenvalue weighted by Crippen LogP contribution is -2.41. The van der Waals surface area contributed by atoms with Crippen molar-refractivity contribution in [3.8, 4) is 0 Å². The van der Waals surface area contributed by atoms with Crippen molar-refractivity contribution in [1.82, 2.24) is 10.2 Å². The minimum atomic E-state index is -0.283. The Labute approximate surface area is 140 Å². The first-order valence-electron chi connectivity index (χ1n) is 8.37. The maximum atomic E-state index is 14.9. The predicted octanol–water partition coefficient (Wildman–Crippen LogP) is 3.12. The highest BCUT2D eigenvalue weighted by Gasteiger charge is 2.45. The highest BCUT2D eigenvalue weighted by atomic mass is 19.1. The molecule has 0 bridgehead atoms. The number of anilines is 2. The summed E-state index contributed by atoms with van der Waals surface area (Å²) in [7, 11) is 3.77. The van der Waals surface area contributed by atoms with Gasteiger partial charge in [0.25, 0.3) is 0 Å². The number of benzene rings is 1. The number of hydrogen-bond donors (Lipinski definition) is 2. The molecule has 0 spiro atoms. The van der Waals surface area contributed by atoms with E-state index < -0.39 is 0 Å². The van der Waals surface area contributed by atoms with Gasteiger partial charge in [0.15, 0.2) is 0 Å². The number of amides is 1. The number of hydrogen-bond acceptors (Lipinski definition) is 3. The Morgan fingerprint density at radius 2 is 2.04 bits per heavy atom. The van der Waals surface area contributed by atoms with E-state index in [0.717, 1.165) is 30.5 Å². The summed E-state index contributed by atoms with van der Waals surface area (Å²) in [4.78, 5) is 14.5. The number of nitrogens with one attached hydrogen (secondary N) is 2. The quantitative estimate of drug-likeness (QED) is 0.910. The van der Waals surface area contributed by atoms with Gasteiger partial charge in [-0.3, -0.25) is 9.89 Å². The number of nitrogens with zero attached hydrogens (tertiary/aromatic N) is 2. The molecule has 2 atom stereocenters. The smallest absolute Gasteiger partial charge is 0.229 e. The van der Waals surface area contributed by atoms with Gasteiger partial charge in [0.1, 0.15) is 11.6 Å². The van der Waals surface area contributed by atoms with E-state index in [1.54, 1.807) is 12.3 Å². The number of aromatic amines is 1. The summed E-state index contributed by atoms with van der Waals surface area (Å²) in [5.41, 5.74) is 2.27. The zero-order valence-electron chi connectivity index (χ0n) is 13.8. The average Bonchev–Trinajstić information content (AvgIpc) is 2.94. The largest absolute Gasteiger partial charge is 0.378 e.